The number of hydrogen-bond donors (Lipinski definition) is 2. The SMILES string of the molecule is CC(C)[C@@H](NC(=O)[C@@H](C)N(C)C(=O)OC(C)(C)C)C(=O)N1CCC[C@H]1Cn1c(-c2nc3cc(F)ccc3n2C[C@@H]2CCCN2C(=O)[C@@H](C)NC(=O)[C@@H](C)N(C)C(=O)OC(C)(C)C)nc2cc(F)ccc21. The standard InChI is InChI=1S/C50H70F2N10O8/c1-28(2)40(56-44(64)31(5)58(13)48(68)70-50(9,10)11)46(66)60-23-15-17-35(60)27-62-39-21-19-33(52)25-37(39)55-42(62)41-54-36-24-32(51)18-20-38(36)61(41)26-34-16-14-22-59(34)45(65)29(3)53-43(63)30(4)57(12)47(67)69-49(6,7)8/h18-21,24-25,28-31,34-35,40H,14-17,22-23,26-27H2,1-13H3,(H,53,63)(H,56,64)/t29-,30-,31-,34+,35+,40-/m1/s1. The topological polar surface area (TPSA) is 194 Å². The monoisotopic (exact) mass is 977 g/mol. The largest absolute Gasteiger partial charge is 0.444 e. The van der Waals surface area contributed by atoms with Gasteiger partial charge in [-0.3, -0.25) is 29.0 Å². The molecule has 6 atom stereocenters. The molecular weight excluding hydrogens is 907 g/mol. The second-order valence-corrected chi connectivity index (χ2v) is 21.0. The van der Waals surface area contributed by atoms with Crippen molar-refractivity contribution < 1.29 is 47.0 Å². The third-order valence-corrected chi connectivity index (χ3v) is 13.0. The summed E-state index contributed by atoms with van der Waals surface area (Å²) in [4.78, 5) is 96.9. The number of ether oxygens (including phenoxy) is 2. The van der Waals surface area contributed by atoms with E-state index in [4.69, 9.17) is 19.4 Å². The van der Waals surface area contributed by atoms with Gasteiger partial charge < -0.3 is 39.0 Å². The number of carbonyl (C=O) groups excluding carboxylic acids is 6. The Morgan fingerprint density at radius 1 is 0.657 bits per heavy atom. The molecule has 382 valence electrons. The fraction of sp³-hybridized carbons (Fsp3) is 0.600. The summed E-state index contributed by atoms with van der Waals surface area (Å²) in [6.07, 6.45) is 1.20. The van der Waals surface area contributed by atoms with Crippen LogP contribution in [-0.4, -0.2) is 149 Å². The molecule has 0 aliphatic carbocycles. The first-order valence-corrected chi connectivity index (χ1v) is 24.1. The van der Waals surface area contributed by atoms with Gasteiger partial charge in [0.15, 0.2) is 11.6 Å². The average Bonchev–Trinajstić information content (AvgIpc) is 4.08. The summed E-state index contributed by atoms with van der Waals surface area (Å²) in [5.74, 6) is -2.33. The lowest BCUT2D eigenvalue weighted by atomic mass is 10.0. The zero-order chi connectivity index (χ0) is 51.7. The molecule has 0 radical (unpaired) electrons. The van der Waals surface area contributed by atoms with Crippen LogP contribution >= 0.6 is 0 Å². The van der Waals surface area contributed by atoms with Crippen molar-refractivity contribution in [3.63, 3.8) is 0 Å². The number of halogens is 2. The van der Waals surface area contributed by atoms with Gasteiger partial charge in [0.05, 0.1) is 22.1 Å². The van der Waals surface area contributed by atoms with Crippen LogP contribution < -0.4 is 10.6 Å². The number of imidazole rings is 2. The molecule has 0 saturated carbocycles. The van der Waals surface area contributed by atoms with E-state index in [-0.39, 0.29) is 36.9 Å². The first-order chi connectivity index (χ1) is 32.6. The Hall–Kier alpha value is -6.34. The zero-order valence-corrected chi connectivity index (χ0v) is 42.8. The number of fused-ring (bicyclic) bond motifs is 2. The van der Waals surface area contributed by atoms with E-state index in [1.54, 1.807) is 84.2 Å². The third kappa shape index (κ3) is 12.0. The predicted octanol–water partition coefficient (Wildman–Crippen LogP) is 6.47. The van der Waals surface area contributed by atoms with Crippen LogP contribution in [0.5, 0.6) is 0 Å². The smallest absolute Gasteiger partial charge is 0.410 e. The highest BCUT2D eigenvalue weighted by molar-refractivity contribution is 5.92. The number of benzene rings is 2. The lowest BCUT2D eigenvalue weighted by Gasteiger charge is -2.33. The molecule has 70 heavy (non-hydrogen) atoms. The molecule has 4 aromatic rings. The van der Waals surface area contributed by atoms with Gasteiger partial charge in [-0.2, -0.15) is 0 Å². The number of likely N-dealkylation sites (tertiary alicyclic amines) is 2. The van der Waals surface area contributed by atoms with Crippen LogP contribution in [0.2, 0.25) is 0 Å². The lowest BCUT2D eigenvalue weighted by Crippen LogP contribution is -2.56. The molecule has 0 bridgehead atoms. The van der Waals surface area contributed by atoms with Crippen molar-refractivity contribution in [3.05, 3.63) is 48.0 Å². The number of aromatic nitrogens is 4. The Labute approximate surface area is 408 Å². The molecule has 2 saturated heterocycles. The van der Waals surface area contributed by atoms with Crippen molar-refractivity contribution in [1.82, 2.24) is 49.3 Å². The second kappa shape index (κ2) is 20.9. The van der Waals surface area contributed by atoms with Crippen LogP contribution in [0.3, 0.4) is 0 Å². The van der Waals surface area contributed by atoms with E-state index >= 15 is 0 Å². The number of rotatable bonds is 14. The fourth-order valence-corrected chi connectivity index (χ4v) is 8.92. The Bertz CT molecular complexity index is 2620. The van der Waals surface area contributed by atoms with Gasteiger partial charge in [0, 0.05) is 64.5 Å². The molecule has 2 fully saturated rings. The van der Waals surface area contributed by atoms with Gasteiger partial charge in [-0.1, -0.05) is 13.8 Å². The molecule has 4 heterocycles. The van der Waals surface area contributed by atoms with Gasteiger partial charge >= 0.3 is 12.2 Å². The Morgan fingerprint density at radius 2 is 1.06 bits per heavy atom. The number of carbonyl (C=O) groups is 6. The van der Waals surface area contributed by atoms with Crippen molar-refractivity contribution in [2.45, 2.75) is 162 Å². The lowest BCUT2D eigenvalue weighted by molar-refractivity contribution is -0.139. The van der Waals surface area contributed by atoms with Crippen LogP contribution in [0.15, 0.2) is 36.4 Å². The zero-order valence-electron chi connectivity index (χ0n) is 42.8. The van der Waals surface area contributed by atoms with E-state index in [2.05, 4.69) is 10.6 Å². The maximum atomic E-state index is 14.9. The number of amides is 6. The van der Waals surface area contributed by atoms with Gasteiger partial charge in [0.1, 0.15) is 47.0 Å². The van der Waals surface area contributed by atoms with Crippen molar-refractivity contribution in [2.24, 2.45) is 5.92 Å². The number of nitrogens with one attached hydrogen (secondary N) is 2. The summed E-state index contributed by atoms with van der Waals surface area (Å²) in [5.41, 5.74) is 0.267. The summed E-state index contributed by atoms with van der Waals surface area (Å²) >= 11 is 0. The molecule has 0 spiro atoms. The van der Waals surface area contributed by atoms with Crippen molar-refractivity contribution >= 4 is 57.9 Å². The summed E-state index contributed by atoms with van der Waals surface area (Å²) < 4.78 is 44.5. The van der Waals surface area contributed by atoms with Crippen LogP contribution in [0, 0.1) is 17.6 Å². The first kappa shape index (κ1) is 53.0. The minimum absolute atomic E-state index is 0.212. The van der Waals surface area contributed by atoms with E-state index < -0.39 is 77.0 Å². The van der Waals surface area contributed by atoms with E-state index in [0.29, 0.717) is 72.5 Å². The second-order valence-electron chi connectivity index (χ2n) is 21.0. The number of hydrogen-bond acceptors (Lipinski definition) is 10. The number of likely N-dealkylation sites (N-methyl/N-ethyl adjacent to an activating group) is 2. The van der Waals surface area contributed by atoms with Crippen LogP contribution in [0.1, 0.15) is 102 Å². The fourth-order valence-electron chi connectivity index (χ4n) is 8.92. The molecule has 6 amide bonds. The molecule has 0 unspecified atom stereocenters. The minimum Gasteiger partial charge on any atom is -0.444 e. The Kier molecular flexibility index (Phi) is 15.9. The predicted molar refractivity (Wildman–Crippen MR) is 259 cm³/mol. The molecule has 2 aromatic carbocycles. The van der Waals surface area contributed by atoms with Crippen molar-refractivity contribution in [3.8, 4) is 11.6 Å². The minimum atomic E-state index is -0.947. The molecular formula is C50H70F2N10O8. The highest BCUT2D eigenvalue weighted by Crippen LogP contribution is 2.33. The quantitative estimate of drug-likeness (QED) is 0.142. The molecule has 2 aliphatic rings. The van der Waals surface area contributed by atoms with Gasteiger partial charge in [-0.15, -0.1) is 0 Å². The average molecular weight is 977 g/mol. The molecule has 2 aliphatic heterocycles. The summed E-state index contributed by atoms with van der Waals surface area (Å²) in [6.45, 7) is 20.0. The van der Waals surface area contributed by atoms with E-state index in [0.717, 1.165) is 0 Å². The Morgan fingerprint density at radius 3 is 1.46 bits per heavy atom. The molecule has 6 rings (SSSR count). The normalized spacial score (nSPS) is 18.2. The summed E-state index contributed by atoms with van der Waals surface area (Å²) in [7, 11) is 2.92. The number of nitrogens with zero attached hydrogens (tertiary/aromatic N) is 8. The van der Waals surface area contributed by atoms with Crippen molar-refractivity contribution in [1.29, 1.82) is 0 Å². The van der Waals surface area contributed by atoms with E-state index in [1.807, 2.05) is 23.0 Å². The highest BCUT2D eigenvalue weighted by Gasteiger charge is 2.39. The summed E-state index contributed by atoms with van der Waals surface area (Å²) in [6, 6.07) is 3.99. The van der Waals surface area contributed by atoms with Crippen LogP contribution in [0.25, 0.3) is 33.7 Å². The van der Waals surface area contributed by atoms with Gasteiger partial charge in [0.2, 0.25) is 23.6 Å². The van der Waals surface area contributed by atoms with Crippen LogP contribution in [-0.2, 0) is 41.7 Å². The van der Waals surface area contributed by atoms with Gasteiger partial charge in [-0.25, -0.2) is 28.3 Å². The van der Waals surface area contributed by atoms with Gasteiger partial charge in [-0.05, 0) is 118 Å². The van der Waals surface area contributed by atoms with E-state index in [9.17, 15) is 37.5 Å². The molecule has 18 nitrogen and oxygen atoms in total. The summed E-state index contributed by atoms with van der Waals surface area (Å²) in [5, 5.41) is 5.67. The van der Waals surface area contributed by atoms with Crippen molar-refractivity contribution in [2.75, 3.05) is 27.2 Å². The Balaban J connectivity index is 1.28. The third-order valence-electron chi connectivity index (χ3n) is 13.0. The van der Waals surface area contributed by atoms with Crippen LogP contribution in [0.4, 0.5) is 18.4 Å². The first-order valence-electron chi connectivity index (χ1n) is 24.1. The van der Waals surface area contributed by atoms with E-state index in [1.165, 1.54) is 48.2 Å². The maximum absolute atomic E-state index is 14.9. The molecule has 20 heteroatoms. The van der Waals surface area contributed by atoms with Gasteiger partial charge in [0.25, 0.3) is 0 Å². The molecule has 2 aromatic heterocycles. The highest BCUT2D eigenvalue weighted by atomic mass is 19.1. The maximum Gasteiger partial charge on any atom is 0.410 e. The molecule has 2 N–H and O–H groups in total.